The van der Waals surface area contributed by atoms with E-state index >= 15 is 0 Å². The molecule has 444 valence electrons. The van der Waals surface area contributed by atoms with Gasteiger partial charge in [0.2, 0.25) is 0 Å². The first-order valence-corrected chi connectivity index (χ1v) is 32.9. The second kappa shape index (κ2) is 29.4. The van der Waals surface area contributed by atoms with E-state index in [1.807, 2.05) is 61.5 Å². The molecule has 0 saturated carbocycles. The highest BCUT2D eigenvalue weighted by molar-refractivity contribution is 7.85. The molecule has 0 radical (unpaired) electrons. The van der Waals surface area contributed by atoms with Crippen molar-refractivity contribution in [2.75, 3.05) is 32.1 Å². The summed E-state index contributed by atoms with van der Waals surface area (Å²) < 4.78 is 116. The number of carbonyl (C=O) groups is 2. The zero-order valence-electron chi connectivity index (χ0n) is 47.6. The van der Waals surface area contributed by atoms with E-state index in [9.17, 15) is 43.3 Å². The fraction of sp³-hybridized carbons (Fsp3) is 0.138. The van der Waals surface area contributed by atoms with Gasteiger partial charge in [-0.2, -0.15) is 33.7 Å². The summed E-state index contributed by atoms with van der Waals surface area (Å²) in [6.45, 7) is 6.48. The molecule has 0 atom stereocenters. The number of hydrogen-bond donors (Lipinski definition) is 4. The minimum Gasteiger partial charge on any atom is -0.496 e. The van der Waals surface area contributed by atoms with Gasteiger partial charge in [0.1, 0.15) is 17.2 Å². The zero-order valence-corrected chi connectivity index (χ0v) is 50.9. The van der Waals surface area contributed by atoms with Crippen LogP contribution in [0.4, 0.5) is 0 Å². The fourth-order valence-corrected chi connectivity index (χ4v) is 8.31. The van der Waals surface area contributed by atoms with Crippen molar-refractivity contribution < 1.29 is 70.9 Å². The predicted octanol–water partition coefficient (Wildman–Crippen LogP) is 13.3. The molecule has 0 aromatic heterocycles. The third-order valence-corrected chi connectivity index (χ3v) is 12.3. The van der Waals surface area contributed by atoms with Crippen molar-refractivity contribution in [1.29, 1.82) is 0 Å². The molecule has 0 aliphatic carbocycles. The smallest absolute Gasteiger partial charge is 0.261 e. The van der Waals surface area contributed by atoms with Crippen LogP contribution in [-0.4, -0.2) is 95.6 Å². The molecule has 0 heterocycles. The first kappa shape index (κ1) is 67.4. The highest BCUT2D eigenvalue weighted by Crippen LogP contribution is 2.43. The molecule has 0 saturated heterocycles. The Bertz CT molecular complexity index is 4040. The third kappa shape index (κ3) is 22.9. The summed E-state index contributed by atoms with van der Waals surface area (Å²) in [7, 11) is -12.9. The molecule has 85 heavy (non-hydrogen) atoms. The van der Waals surface area contributed by atoms with Crippen molar-refractivity contribution >= 4 is 52.0 Å². The molecule has 0 unspecified atom stereocenters. The maximum absolute atomic E-state index is 13.7. The largest absolute Gasteiger partial charge is 0.496 e. The highest BCUT2D eigenvalue weighted by Gasteiger charge is 2.27. The number of benzene rings is 9. The number of methoxy groups -OCH3 is 1. The molecule has 16 nitrogen and oxygen atoms in total. The number of ether oxygens (including phenoxy) is 2. The van der Waals surface area contributed by atoms with Crippen LogP contribution in [0.15, 0.2) is 218 Å². The summed E-state index contributed by atoms with van der Waals surface area (Å²) in [6.07, 6.45) is 2.86. The van der Waals surface area contributed by atoms with Crippen LogP contribution >= 0.6 is 0 Å². The lowest BCUT2D eigenvalue weighted by molar-refractivity contribution is 0.103. The van der Waals surface area contributed by atoms with Gasteiger partial charge >= 0.3 is 0 Å². The van der Waals surface area contributed by atoms with Crippen molar-refractivity contribution in [3.05, 3.63) is 257 Å². The minimum absolute atomic E-state index is 0.123. The number of aryl methyl sites for hydroxylation is 1. The lowest BCUT2D eigenvalue weighted by Crippen LogP contribution is -2.19. The Balaban J connectivity index is 0.000000571. The van der Waals surface area contributed by atoms with Gasteiger partial charge < -0.3 is 9.47 Å². The van der Waals surface area contributed by atoms with Gasteiger partial charge in [0.25, 0.3) is 40.5 Å². The zero-order chi connectivity index (χ0) is 62.9. The van der Waals surface area contributed by atoms with E-state index in [0.29, 0.717) is 58.8 Å². The summed E-state index contributed by atoms with van der Waals surface area (Å²) in [6, 6.07) is 72.4. The third-order valence-electron chi connectivity index (χ3n) is 12.3. The molecule has 0 amide bonds. The van der Waals surface area contributed by atoms with Crippen LogP contribution < -0.4 is 9.47 Å². The molecule has 9 aromatic carbocycles. The number of rotatable bonds is 13. The van der Waals surface area contributed by atoms with Crippen molar-refractivity contribution in [3.8, 4) is 61.8 Å². The standard InChI is InChI=1S/C61H48O4.4CH4O3S/c1-41-18-20-48(21-19-41)59(62)50-16-11-17-51(38-50)60(63)49-30-34-54(35-31-49)65-58-37-33-53(40-56(58)47-28-24-45(25-29-47)43-14-9-6-10-15-43)61(2,3)52-32-36-57(64-4)55(39-52)46-26-22-44(23-27-46)42-12-7-5-8-13-42;4*1-5(2,3)4/h5-40H,1-4H3;4*1H3,(H,2,3,4). The minimum atomic E-state index is -3.67. The van der Waals surface area contributed by atoms with E-state index in [1.165, 1.54) is 5.56 Å². The molecule has 9 rings (SSSR count). The van der Waals surface area contributed by atoms with E-state index in [-0.39, 0.29) is 11.6 Å². The van der Waals surface area contributed by atoms with Gasteiger partial charge in [0.15, 0.2) is 11.6 Å². The van der Waals surface area contributed by atoms with Crippen molar-refractivity contribution in [1.82, 2.24) is 0 Å². The van der Waals surface area contributed by atoms with Crippen LogP contribution in [0.25, 0.3) is 44.5 Å². The van der Waals surface area contributed by atoms with E-state index < -0.39 is 45.9 Å². The quantitative estimate of drug-likeness (QED) is 0.0617. The number of hydrogen-bond acceptors (Lipinski definition) is 12. The fourth-order valence-electron chi connectivity index (χ4n) is 8.31. The molecule has 4 N–H and O–H groups in total. The van der Waals surface area contributed by atoms with Crippen molar-refractivity contribution in [3.63, 3.8) is 0 Å². The lowest BCUT2D eigenvalue weighted by Gasteiger charge is -2.28. The molecule has 0 aliphatic heterocycles. The molecule has 0 spiro atoms. The summed E-state index contributed by atoms with van der Waals surface area (Å²) in [5, 5.41) is 0. The van der Waals surface area contributed by atoms with Gasteiger partial charge in [-0.05, 0) is 106 Å². The Morgan fingerprint density at radius 2 is 0.682 bits per heavy atom. The van der Waals surface area contributed by atoms with E-state index in [4.69, 9.17) is 27.7 Å². The highest BCUT2D eigenvalue weighted by atomic mass is 32.2. The second-order valence-electron chi connectivity index (χ2n) is 19.8. The molecular weight excluding hydrogens is 1160 g/mol. The van der Waals surface area contributed by atoms with Crippen molar-refractivity contribution in [2.24, 2.45) is 0 Å². The molecule has 0 fully saturated rings. The molecule has 0 bridgehead atoms. The summed E-state index contributed by atoms with van der Waals surface area (Å²) >= 11 is 0. The molecule has 20 heteroatoms. The Hall–Kier alpha value is -8.44. The lowest BCUT2D eigenvalue weighted by atomic mass is 9.76. The first-order chi connectivity index (χ1) is 39.6. The molecule has 0 aliphatic rings. The average molecular weight is 1230 g/mol. The Morgan fingerprint density at radius 1 is 0.365 bits per heavy atom. The van der Waals surface area contributed by atoms with Crippen LogP contribution in [-0.2, 0) is 45.9 Å². The maximum Gasteiger partial charge on any atom is 0.261 e. The van der Waals surface area contributed by atoms with Crippen molar-refractivity contribution in [2.45, 2.75) is 26.2 Å². The monoisotopic (exact) mass is 1230 g/mol. The van der Waals surface area contributed by atoms with E-state index in [0.717, 1.165) is 61.4 Å². The van der Waals surface area contributed by atoms with E-state index in [1.54, 1.807) is 43.5 Å². The average Bonchev–Trinajstić information content (AvgIpc) is 1.29. The first-order valence-electron chi connectivity index (χ1n) is 25.5. The molecular formula is C65H64O16S4. The Morgan fingerprint density at radius 3 is 1.05 bits per heavy atom. The van der Waals surface area contributed by atoms with Crippen LogP contribution in [0, 0.1) is 6.92 Å². The summed E-state index contributed by atoms with van der Waals surface area (Å²) in [5.74, 6) is 1.80. The normalized spacial score (nSPS) is 11.3. The maximum atomic E-state index is 13.7. The topological polar surface area (TPSA) is 270 Å². The Labute approximate surface area is 497 Å². The summed E-state index contributed by atoms with van der Waals surface area (Å²) in [5.41, 5.74) is 13.6. The van der Waals surface area contributed by atoms with Crippen LogP contribution in [0.2, 0.25) is 0 Å². The van der Waals surface area contributed by atoms with Crippen LogP contribution in [0.5, 0.6) is 17.2 Å². The van der Waals surface area contributed by atoms with E-state index in [2.05, 4.69) is 141 Å². The van der Waals surface area contributed by atoms with Gasteiger partial charge in [0, 0.05) is 38.8 Å². The molecule has 9 aromatic rings. The van der Waals surface area contributed by atoms with Gasteiger partial charge in [-0.1, -0.05) is 183 Å². The van der Waals surface area contributed by atoms with Gasteiger partial charge in [-0.25, -0.2) is 0 Å². The van der Waals surface area contributed by atoms with Crippen LogP contribution in [0.1, 0.15) is 62.4 Å². The summed E-state index contributed by atoms with van der Waals surface area (Å²) in [4.78, 5) is 27.0. The number of carbonyl (C=O) groups excluding carboxylic acids is 2. The van der Waals surface area contributed by atoms with Gasteiger partial charge in [-0.3, -0.25) is 27.8 Å². The second-order valence-corrected chi connectivity index (χ2v) is 25.7. The van der Waals surface area contributed by atoms with Crippen LogP contribution in [0.3, 0.4) is 0 Å². The van der Waals surface area contributed by atoms with Gasteiger partial charge in [-0.15, -0.1) is 0 Å². The number of ketones is 2. The SMILES string of the molecule is COc1ccc(C(C)(C)c2ccc(Oc3ccc(C(=O)c4cccc(C(=O)c5ccc(C)cc5)c4)cc3)c(-c3ccc(-c4ccccc4)cc3)c2)cc1-c1ccc(-c2ccccc2)cc1.CS(=O)(=O)O.CS(=O)(=O)O.CS(=O)(=O)O.CS(=O)(=O)O. The Kier molecular flexibility index (Phi) is 23.3. The van der Waals surface area contributed by atoms with Gasteiger partial charge in [0.05, 0.1) is 32.1 Å². The predicted molar refractivity (Wildman–Crippen MR) is 334 cm³/mol.